The molecule has 46 heavy (non-hydrogen) atoms. The van der Waals surface area contributed by atoms with Crippen LogP contribution in [0.25, 0.3) is 0 Å². The molecule has 0 aliphatic carbocycles. The first-order chi connectivity index (χ1) is 21.4. The molecule has 4 aromatic carbocycles. The minimum Gasteiger partial charge on any atom is -0.495 e. The number of carbonyl (C=O) groups is 2. The highest BCUT2D eigenvalue weighted by Gasteiger charge is 2.19. The number of halogens is 4. The van der Waals surface area contributed by atoms with E-state index >= 15 is 0 Å². The molecule has 0 fully saturated rings. The second-order valence-corrected chi connectivity index (χ2v) is 14.2. The fourth-order valence-electron chi connectivity index (χ4n) is 4.21. The van der Waals surface area contributed by atoms with Gasteiger partial charge in [0.25, 0.3) is 11.8 Å². The average molecular weight is 761 g/mol. The van der Waals surface area contributed by atoms with Gasteiger partial charge in [0.05, 0.1) is 34.5 Å². The number of hydrogen-bond acceptors (Lipinski definition) is 4. The van der Waals surface area contributed by atoms with Crippen LogP contribution in [-0.4, -0.2) is 26.0 Å². The fraction of sp³-hybridized carbons (Fsp3) is 0.278. The van der Waals surface area contributed by atoms with Crippen molar-refractivity contribution in [2.45, 2.75) is 52.4 Å². The third-order valence-electron chi connectivity index (χ3n) is 6.99. The van der Waals surface area contributed by atoms with Gasteiger partial charge in [-0.2, -0.15) is 0 Å². The molecule has 0 saturated carbocycles. The highest BCUT2D eigenvalue weighted by atomic mass is 79.9. The minimum absolute atomic E-state index is 0.0509. The van der Waals surface area contributed by atoms with E-state index in [1.165, 1.54) is 36.4 Å². The van der Waals surface area contributed by atoms with Crippen molar-refractivity contribution in [1.29, 1.82) is 0 Å². The number of carbonyl (C=O) groups excluding carboxylic acids is 2. The van der Waals surface area contributed by atoms with Crippen LogP contribution in [0, 0.1) is 11.6 Å². The molecule has 0 aromatic heterocycles. The van der Waals surface area contributed by atoms with Crippen LogP contribution in [0.3, 0.4) is 0 Å². The van der Waals surface area contributed by atoms with Gasteiger partial charge in [0.15, 0.2) is 0 Å². The van der Waals surface area contributed by atoms with Crippen LogP contribution in [-0.2, 0) is 10.8 Å². The lowest BCUT2D eigenvalue weighted by Gasteiger charge is -2.21. The van der Waals surface area contributed by atoms with Crippen molar-refractivity contribution >= 4 is 55.0 Å². The van der Waals surface area contributed by atoms with Crippen molar-refractivity contribution in [1.82, 2.24) is 0 Å². The molecule has 4 rings (SSSR count). The smallest absolute Gasteiger partial charge is 0.255 e. The molecule has 0 radical (unpaired) electrons. The molecule has 6 nitrogen and oxygen atoms in total. The largest absolute Gasteiger partial charge is 0.495 e. The molecule has 4 aromatic rings. The highest BCUT2D eigenvalue weighted by Crippen LogP contribution is 2.33. The normalized spacial score (nSPS) is 11.2. The van der Waals surface area contributed by atoms with Gasteiger partial charge in [-0.3, -0.25) is 9.59 Å². The van der Waals surface area contributed by atoms with Gasteiger partial charge in [0, 0.05) is 11.1 Å². The first-order valence-corrected chi connectivity index (χ1v) is 15.9. The van der Waals surface area contributed by atoms with Gasteiger partial charge >= 0.3 is 0 Å². The quantitative estimate of drug-likeness (QED) is 0.205. The summed E-state index contributed by atoms with van der Waals surface area (Å²) in [7, 11) is 3.10. The summed E-state index contributed by atoms with van der Waals surface area (Å²) in [5, 5.41) is 5.66. The molecular formula is C36H38Br2F2N2O4. The molecule has 0 atom stereocenters. The number of hydrogen-bond donors (Lipinski definition) is 2. The number of ether oxygens (including phenoxy) is 2. The first-order valence-electron chi connectivity index (χ1n) is 14.3. The van der Waals surface area contributed by atoms with Gasteiger partial charge in [-0.15, -0.1) is 0 Å². The van der Waals surface area contributed by atoms with Crippen LogP contribution < -0.4 is 20.1 Å². The van der Waals surface area contributed by atoms with E-state index in [4.69, 9.17) is 9.47 Å². The van der Waals surface area contributed by atoms with Gasteiger partial charge < -0.3 is 20.1 Å². The van der Waals surface area contributed by atoms with Crippen molar-refractivity contribution in [2.24, 2.45) is 0 Å². The molecular weight excluding hydrogens is 722 g/mol. The second-order valence-electron chi connectivity index (χ2n) is 12.5. The zero-order chi connectivity index (χ0) is 34.4. The van der Waals surface area contributed by atoms with E-state index in [0.29, 0.717) is 34.0 Å². The lowest BCUT2D eigenvalue weighted by molar-refractivity contribution is 0.101. The maximum Gasteiger partial charge on any atom is 0.255 e. The lowest BCUT2D eigenvalue weighted by atomic mass is 9.87. The summed E-state index contributed by atoms with van der Waals surface area (Å²) < 4.78 is 37.7. The summed E-state index contributed by atoms with van der Waals surface area (Å²) in [4.78, 5) is 24.8. The van der Waals surface area contributed by atoms with Crippen molar-refractivity contribution in [2.75, 3.05) is 24.9 Å². The standard InChI is InChI=1S/2C18H19BrFNO2/c2*1-18(2,3)12-6-8-16(23-4)15(10-12)21-17(22)11-5-7-14(20)13(19)9-11/h2*5-10H,1-4H3,(H,21,22). The van der Waals surface area contributed by atoms with Gasteiger partial charge in [0.2, 0.25) is 0 Å². The molecule has 0 saturated heterocycles. The molecule has 0 heterocycles. The summed E-state index contributed by atoms with van der Waals surface area (Å²) >= 11 is 6.17. The van der Waals surface area contributed by atoms with E-state index in [0.717, 1.165) is 11.1 Å². The SMILES string of the molecule is COc1ccc(C(C)(C)C)cc1NC(=O)c1ccc(F)c(Br)c1.COc1ccc(C(C)(C)C)cc1NC(=O)c1ccc(F)c(Br)c1. The lowest BCUT2D eigenvalue weighted by Crippen LogP contribution is -2.15. The Morgan fingerprint density at radius 2 is 0.935 bits per heavy atom. The summed E-state index contributed by atoms with van der Waals surface area (Å²) in [5.41, 5.74) is 3.96. The third-order valence-corrected chi connectivity index (χ3v) is 8.21. The molecule has 0 unspecified atom stereocenters. The van der Waals surface area contributed by atoms with Crippen molar-refractivity contribution < 1.29 is 27.8 Å². The van der Waals surface area contributed by atoms with Gasteiger partial charge in [-0.1, -0.05) is 53.7 Å². The Kier molecular flexibility index (Phi) is 12.1. The second kappa shape index (κ2) is 15.2. The average Bonchev–Trinajstić information content (AvgIpc) is 2.99. The predicted molar refractivity (Wildman–Crippen MR) is 187 cm³/mol. The topological polar surface area (TPSA) is 76.7 Å². The molecule has 2 amide bonds. The van der Waals surface area contributed by atoms with E-state index in [2.05, 4.69) is 84.0 Å². The van der Waals surface area contributed by atoms with Gasteiger partial charge in [-0.25, -0.2) is 8.78 Å². The number of nitrogens with one attached hydrogen (secondary N) is 2. The van der Waals surface area contributed by atoms with Crippen molar-refractivity contribution in [3.05, 3.63) is 116 Å². The fourth-order valence-corrected chi connectivity index (χ4v) is 4.97. The molecule has 0 aliphatic heterocycles. The summed E-state index contributed by atoms with van der Waals surface area (Å²) in [6.07, 6.45) is 0. The number of amides is 2. The van der Waals surface area contributed by atoms with E-state index < -0.39 is 11.6 Å². The minimum atomic E-state index is -0.408. The van der Waals surface area contributed by atoms with Crippen molar-refractivity contribution in [3.63, 3.8) is 0 Å². The van der Waals surface area contributed by atoms with Crippen LogP contribution in [0.15, 0.2) is 81.7 Å². The van der Waals surface area contributed by atoms with Crippen LogP contribution >= 0.6 is 31.9 Å². The van der Waals surface area contributed by atoms with Crippen LogP contribution in [0.1, 0.15) is 73.4 Å². The van der Waals surface area contributed by atoms with Crippen LogP contribution in [0.4, 0.5) is 20.2 Å². The van der Waals surface area contributed by atoms with Crippen LogP contribution in [0.5, 0.6) is 11.5 Å². The Balaban J connectivity index is 0.000000250. The monoisotopic (exact) mass is 758 g/mol. The Morgan fingerprint density at radius 1 is 0.587 bits per heavy atom. The number of anilines is 2. The maximum atomic E-state index is 13.3. The zero-order valence-electron chi connectivity index (χ0n) is 27.1. The number of benzene rings is 4. The molecule has 244 valence electrons. The van der Waals surface area contributed by atoms with Gasteiger partial charge in [-0.05, 0) is 114 Å². The predicted octanol–water partition coefficient (Wildman–Crippen LogP) is 10.3. The molecule has 0 spiro atoms. The molecule has 0 bridgehead atoms. The Bertz CT molecular complexity index is 1600. The van der Waals surface area contributed by atoms with Crippen LogP contribution in [0.2, 0.25) is 0 Å². The molecule has 2 N–H and O–H groups in total. The Hall–Kier alpha value is -3.76. The summed E-state index contributed by atoms with van der Waals surface area (Å²) in [6, 6.07) is 19.7. The zero-order valence-corrected chi connectivity index (χ0v) is 30.2. The highest BCUT2D eigenvalue weighted by molar-refractivity contribution is 9.10. The van der Waals surface area contributed by atoms with E-state index in [-0.39, 0.29) is 31.6 Å². The van der Waals surface area contributed by atoms with E-state index in [1.807, 2.05) is 36.4 Å². The van der Waals surface area contributed by atoms with Gasteiger partial charge in [0.1, 0.15) is 23.1 Å². The number of methoxy groups -OCH3 is 2. The molecule has 0 aliphatic rings. The molecule has 10 heteroatoms. The van der Waals surface area contributed by atoms with Crippen molar-refractivity contribution in [3.8, 4) is 11.5 Å². The number of rotatable bonds is 6. The third kappa shape index (κ3) is 9.62. The Labute approximate surface area is 286 Å². The maximum absolute atomic E-state index is 13.3. The Morgan fingerprint density at radius 3 is 1.22 bits per heavy atom. The van der Waals surface area contributed by atoms with E-state index in [1.54, 1.807) is 14.2 Å². The van der Waals surface area contributed by atoms with E-state index in [9.17, 15) is 18.4 Å². The summed E-state index contributed by atoms with van der Waals surface area (Å²) in [5.74, 6) is -0.312. The first kappa shape index (κ1) is 36.7. The summed E-state index contributed by atoms with van der Waals surface area (Å²) in [6.45, 7) is 12.6.